The second kappa shape index (κ2) is 6.25. The zero-order valence-electron chi connectivity index (χ0n) is 12.0. The Hall–Kier alpha value is -1.58. The summed E-state index contributed by atoms with van der Waals surface area (Å²) in [6.45, 7) is 6.73. The van der Waals surface area contributed by atoms with Crippen LogP contribution in [0.4, 0.5) is 0 Å². The van der Waals surface area contributed by atoms with Gasteiger partial charge in [-0.3, -0.25) is 0 Å². The van der Waals surface area contributed by atoms with Gasteiger partial charge in [0.05, 0.1) is 10.7 Å². The monoisotopic (exact) mass is 290 g/mol. The molecule has 1 aromatic heterocycles. The standard InChI is InChI=1S/C16H19ClN2O/c1-10(2)13-5-4-12(8-11(13)3)20-16-7-6-14(17)15(9-18)19-16/h4-8,10H,9,18H2,1-3H3. The third-order valence-corrected chi connectivity index (χ3v) is 3.52. The highest BCUT2D eigenvalue weighted by atomic mass is 35.5. The van der Waals surface area contributed by atoms with Crippen molar-refractivity contribution in [1.82, 2.24) is 4.98 Å². The number of aromatic nitrogens is 1. The van der Waals surface area contributed by atoms with Gasteiger partial charge in [-0.05, 0) is 42.2 Å². The zero-order valence-corrected chi connectivity index (χ0v) is 12.7. The maximum absolute atomic E-state index is 5.98. The molecule has 1 heterocycles. The van der Waals surface area contributed by atoms with Gasteiger partial charge < -0.3 is 10.5 Å². The van der Waals surface area contributed by atoms with Crippen LogP contribution in [0.5, 0.6) is 11.6 Å². The largest absolute Gasteiger partial charge is 0.439 e. The Morgan fingerprint density at radius 2 is 2.00 bits per heavy atom. The normalized spacial score (nSPS) is 10.9. The fraction of sp³-hybridized carbons (Fsp3) is 0.312. The van der Waals surface area contributed by atoms with E-state index < -0.39 is 0 Å². The Kier molecular flexibility index (Phi) is 4.63. The first kappa shape index (κ1) is 14.8. The lowest BCUT2D eigenvalue weighted by atomic mass is 9.98. The summed E-state index contributed by atoms with van der Waals surface area (Å²) in [4.78, 5) is 4.29. The molecule has 1 aromatic carbocycles. The summed E-state index contributed by atoms with van der Waals surface area (Å²) in [5, 5.41) is 0.561. The van der Waals surface area contributed by atoms with E-state index in [1.54, 1.807) is 12.1 Å². The molecular formula is C16H19ClN2O. The Balaban J connectivity index is 2.24. The number of nitrogens with two attached hydrogens (primary N) is 1. The van der Waals surface area contributed by atoms with Crippen LogP contribution in [0.15, 0.2) is 30.3 Å². The molecule has 2 aromatic rings. The van der Waals surface area contributed by atoms with Gasteiger partial charge in [0.15, 0.2) is 0 Å². The fourth-order valence-electron chi connectivity index (χ4n) is 2.14. The number of rotatable bonds is 4. The van der Waals surface area contributed by atoms with Crippen LogP contribution in [0.2, 0.25) is 5.02 Å². The number of benzene rings is 1. The van der Waals surface area contributed by atoms with Gasteiger partial charge in [-0.15, -0.1) is 0 Å². The highest BCUT2D eigenvalue weighted by Gasteiger charge is 2.07. The van der Waals surface area contributed by atoms with Crippen LogP contribution < -0.4 is 10.5 Å². The molecule has 0 amide bonds. The third-order valence-electron chi connectivity index (χ3n) is 3.17. The van der Waals surface area contributed by atoms with Crippen LogP contribution in [-0.4, -0.2) is 4.98 Å². The fourth-order valence-corrected chi connectivity index (χ4v) is 2.33. The van der Waals surface area contributed by atoms with Crippen molar-refractivity contribution >= 4 is 11.6 Å². The summed E-state index contributed by atoms with van der Waals surface area (Å²) in [7, 11) is 0. The third kappa shape index (κ3) is 3.30. The molecule has 3 nitrogen and oxygen atoms in total. The molecule has 0 atom stereocenters. The summed E-state index contributed by atoms with van der Waals surface area (Å²) >= 11 is 5.98. The smallest absolute Gasteiger partial charge is 0.219 e. The van der Waals surface area contributed by atoms with Crippen molar-refractivity contribution in [3.05, 3.63) is 52.2 Å². The lowest BCUT2D eigenvalue weighted by Gasteiger charge is -2.12. The Bertz CT molecular complexity index is 611. The molecule has 20 heavy (non-hydrogen) atoms. The number of ether oxygens (including phenoxy) is 1. The molecule has 0 aliphatic carbocycles. The van der Waals surface area contributed by atoms with E-state index >= 15 is 0 Å². The van der Waals surface area contributed by atoms with Crippen LogP contribution >= 0.6 is 11.6 Å². The molecular weight excluding hydrogens is 272 g/mol. The SMILES string of the molecule is Cc1cc(Oc2ccc(Cl)c(CN)n2)ccc1C(C)C. The van der Waals surface area contributed by atoms with Crippen LogP contribution in [-0.2, 0) is 6.54 Å². The molecule has 0 aliphatic rings. The van der Waals surface area contributed by atoms with Crippen molar-refractivity contribution in [2.75, 3.05) is 0 Å². The average molecular weight is 291 g/mol. The van der Waals surface area contributed by atoms with Crippen molar-refractivity contribution in [2.24, 2.45) is 5.73 Å². The highest BCUT2D eigenvalue weighted by molar-refractivity contribution is 6.31. The van der Waals surface area contributed by atoms with Gasteiger partial charge >= 0.3 is 0 Å². The Morgan fingerprint density at radius 3 is 2.60 bits per heavy atom. The van der Waals surface area contributed by atoms with Gasteiger partial charge in [0, 0.05) is 12.6 Å². The molecule has 0 spiro atoms. The number of halogens is 1. The van der Waals surface area contributed by atoms with Crippen LogP contribution in [0.25, 0.3) is 0 Å². The molecule has 2 N–H and O–H groups in total. The molecule has 0 radical (unpaired) electrons. The maximum atomic E-state index is 5.98. The number of hydrogen-bond acceptors (Lipinski definition) is 3. The van der Waals surface area contributed by atoms with Gasteiger partial charge in [-0.2, -0.15) is 0 Å². The van der Waals surface area contributed by atoms with Crippen molar-refractivity contribution in [3.63, 3.8) is 0 Å². The van der Waals surface area contributed by atoms with Crippen LogP contribution in [0.3, 0.4) is 0 Å². The lowest BCUT2D eigenvalue weighted by Crippen LogP contribution is -2.01. The molecule has 0 bridgehead atoms. The van der Waals surface area contributed by atoms with E-state index in [0.717, 1.165) is 5.75 Å². The molecule has 0 aliphatic heterocycles. The second-order valence-corrected chi connectivity index (χ2v) is 5.46. The molecule has 0 saturated carbocycles. The molecule has 106 valence electrons. The summed E-state index contributed by atoms with van der Waals surface area (Å²) in [6, 6.07) is 9.57. The summed E-state index contributed by atoms with van der Waals surface area (Å²) in [6.07, 6.45) is 0. The maximum Gasteiger partial charge on any atom is 0.219 e. The van der Waals surface area contributed by atoms with E-state index in [-0.39, 0.29) is 0 Å². The first-order valence-electron chi connectivity index (χ1n) is 6.65. The summed E-state index contributed by atoms with van der Waals surface area (Å²) in [5.74, 6) is 1.78. The Labute approximate surface area is 124 Å². The van der Waals surface area contributed by atoms with Crippen molar-refractivity contribution in [3.8, 4) is 11.6 Å². The predicted octanol–water partition coefficient (Wildman–Crippen LogP) is 4.42. The van der Waals surface area contributed by atoms with Gasteiger partial charge in [-0.25, -0.2) is 4.98 Å². The van der Waals surface area contributed by atoms with Crippen molar-refractivity contribution in [1.29, 1.82) is 0 Å². The number of nitrogens with zero attached hydrogens (tertiary/aromatic N) is 1. The topological polar surface area (TPSA) is 48.1 Å². The zero-order chi connectivity index (χ0) is 14.7. The minimum absolute atomic E-state index is 0.293. The van der Waals surface area contributed by atoms with E-state index in [1.807, 2.05) is 12.1 Å². The summed E-state index contributed by atoms with van der Waals surface area (Å²) in [5.41, 5.74) is 8.76. The number of hydrogen-bond donors (Lipinski definition) is 1. The highest BCUT2D eigenvalue weighted by Crippen LogP contribution is 2.27. The van der Waals surface area contributed by atoms with Crippen LogP contribution in [0, 0.1) is 6.92 Å². The van der Waals surface area contributed by atoms with Gasteiger partial charge in [-0.1, -0.05) is 31.5 Å². The van der Waals surface area contributed by atoms with Gasteiger partial charge in [0.1, 0.15) is 5.75 Å². The van der Waals surface area contributed by atoms with Crippen molar-refractivity contribution in [2.45, 2.75) is 33.2 Å². The first-order valence-corrected chi connectivity index (χ1v) is 7.03. The van der Waals surface area contributed by atoms with Gasteiger partial charge in [0.25, 0.3) is 0 Å². The quantitative estimate of drug-likeness (QED) is 0.907. The minimum atomic E-state index is 0.293. The van der Waals surface area contributed by atoms with E-state index in [9.17, 15) is 0 Å². The van der Waals surface area contributed by atoms with Crippen LogP contribution in [0.1, 0.15) is 36.6 Å². The molecule has 0 saturated heterocycles. The minimum Gasteiger partial charge on any atom is -0.439 e. The molecule has 4 heteroatoms. The molecule has 2 rings (SSSR count). The Morgan fingerprint density at radius 1 is 1.25 bits per heavy atom. The van der Waals surface area contributed by atoms with E-state index in [4.69, 9.17) is 22.1 Å². The summed E-state index contributed by atoms with van der Waals surface area (Å²) < 4.78 is 5.77. The van der Waals surface area contributed by atoms with E-state index in [1.165, 1.54) is 11.1 Å². The second-order valence-electron chi connectivity index (χ2n) is 5.06. The van der Waals surface area contributed by atoms with Gasteiger partial charge in [0.2, 0.25) is 5.88 Å². The molecule has 0 unspecified atom stereocenters. The van der Waals surface area contributed by atoms with Crippen molar-refractivity contribution < 1.29 is 4.74 Å². The number of pyridine rings is 1. The number of aryl methyl sites for hydroxylation is 1. The first-order chi connectivity index (χ1) is 9.51. The van der Waals surface area contributed by atoms with E-state index in [0.29, 0.717) is 29.1 Å². The van der Waals surface area contributed by atoms with E-state index in [2.05, 4.69) is 31.8 Å². The average Bonchev–Trinajstić information content (AvgIpc) is 2.40. The molecule has 0 fully saturated rings. The predicted molar refractivity (Wildman–Crippen MR) is 82.5 cm³/mol. The lowest BCUT2D eigenvalue weighted by molar-refractivity contribution is 0.460.